The van der Waals surface area contributed by atoms with Crippen LogP contribution in [0.15, 0.2) is 48.5 Å². The van der Waals surface area contributed by atoms with Gasteiger partial charge in [0, 0.05) is 19.5 Å². The monoisotopic (exact) mass is 370 g/mol. The number of nitrogens with zero attached hydrogens (tertiary/aromatic N) is 1. The van der Waals surface area contributed by atoms with Crippen LogP contribution in [0.3, 0.4) is 0 Å². The molecule has 0 heterocycles. The number of hydrogen-bond acceptors (Lipinski definition) is 4. The zero-order valence-corrected chi connectivity index (χ0v) is 16.0. The van der Waals surface area contributed by atoms with Crippen LogP contribution in [-0.2, 0) is 16.0 Å². The number of amides is 2. The van der Waals surface area contributed by atoms with Gasteiger partial charge in [-0.2, -0.15) is 0 Å². The Morgan fingerprint density at radius 1 is 1.04 bits per heavy atom. The Morgan fingerprint density at radius 2 is 1.78 bits per heavy atom. The van der Waals surface area contributed by atoms with Crippen LogP contribution >= 0.6 is 0 Å². The van der Waals surface area contributed by atoms with E-state index in [1.807, 2.05) is 18.2 Å². The fourth-order valence-electron chi connectivity index (χ4n) is 2.73. The van der Waals surface area contributed by atoms with Gasteiger partial charge >= 0.3 is 0 Å². The standard InChI is InChI=1S/C21H26N2O4/c1-16(24)23(13-7-10-17-8-5-4-6-9-17)15-21(25)22-19-12-11-18(26-2)14-20(19)27-3/h4-6,8-9,11-12,14H,7,10,13,15H2,1-3H3,(H,22,25). The van der Waals surface area contributed by atoms with Gasteiger partial charge in [0.25, 0.3) is 0 Å². The number of methoxy groups -OCH3 is 2. The minimum absolute atomic E-state index is 0.000688. The van der Waals surface area contributed by atoms with Crippen LogP contribution in [0.5, 0.6) is 11.5 Å². The molecule has 6 nitrogen and oxygen atoms in total. The topological polar surface area (TPSA) is 67.9 Å². The third-order valence-electron chi connectivity index (χ3n) is 4.20. The van der Waals surface area contributed by atoms with Crippen LogP contribution in [0.1, 0.15) is 18.9 Å². The van der Waals surface area contributed by atoms with Gasteiger partial charge < -0.3 is 19.7 Å². The van der Waals surface area contributed by atoms with Gasteiger partial charge in [-0.25, -0.2) is 0 Å². The predicted molar refractivity (Wildman–Crippen MR) is 105 cm³/mol. The molecule has 2 amide bonds. The Labute approximate surface area is 160 Å². The lowest BCUT2D eigenvalue weighted by Gasteiger charge is -2.21. The minimum Gasteiger partial charge on any atom is -0.497 e. The summed E-state index contributed by atoms with van der Waals surface area (Å²) in [7, 11) is 3.09. The van der Waals surface area contributed by atoms with Crippen molar-refractivity contribution in [3.63, 3.8) is 0 Å². The van der Waals surface area contributed by atoms with E-state index in [0.29, 0.717) is 23.7 Å². The lowest BCUT2D eigenvalue weighted by molar-refractivity contribution is -0.132. The van der Waals surface area contributed by atoms with E-state index in [1.54, 1.807) is 30.2 Å². The van der Waals surface area contributed by atoms with E-state index in [2.05, 4.69) is 17.4 Å². The quantitative estimate of drug-likeness (QED) is 0.736. The highest BCUT2D eigenvalue weighted by Crippen LogP contribution is 2.28. The van der Waals surface area contributed by atoms with Crippen LogP contribution in [0.25, 0.3) is 0 Å². The molecular formula is C21H26N2O4. The van der Waals surface area contributed by atoms with Crippen molar-refractivity contribution in [1.82, 2.24) is 4.90 Å². The van der Waals surface area contributed by atoms with E-state index < -0.39 is 0 Å². The van der Waals surface area contributed by atoms with Crippen LogP contribution in [-0.4, -0.2) is 44.0 Å². The molecule has 0 bridgehead atoms. The fourth-order valence-corrected chi connectivity index (χ4v) is 2.73. The van der Waals surface area contributed by atoms with Crippen molar-refractivity contribution in [1.29, 1.82) is 0 Å². The second-order valence-corrected chi connectivity index (χ2v) is 6.14. The summed E-state index contributed by atoms with van der Waals surface area (Å²) in [6.07, 6.45) is 1.65. The van der Waals surface area contributed by atoms with Crippen LogP contribution < -0.4 is 14.8 Å². The lowest BCUT2D eigenvalue weighted by Crippen LogP contribution is -2.37. The Balaban J connectivity index is 1.91. The molecule has 2 aromatic carbocycles. The summed E-state index contributed by atoms with van der Waals surface area (Å²) in [6.45, 7) is 2.00. The number of hydrogen-bond donors (Lipinski definition) is 1. The second-order valence-electron chi connectivity index (χ2n) is 6.14. The number of carbonyl (C=O) groups is 2. The van der Waals surface area contributed by atoms with Crippen molar-refractivity contribution in [3.05, 3.63) is 54.1 Å². The van der Waals surface area contributed by atoms with Gasteiger partial charge in [-0.15, -0.1) is 0 Å². The maximum Gasteiger partial charge on any atom is 0.244 e. The first-order chi connectivity index (χ1) is 13.0. The second kappa shape index (κ2) is 10.2. The molecule has 1 N–H and O–H groups in total. The number of carbonyl (C=O) groups excluding carboxylic acids is 2. The molecule has 0 spiro atoms. The number of benzene rings is 2. The third kappa shape index (κ3) is 6.33. The van der Waals surface area contributed by atoms with Gasteiger partial charge in [-0.3, -0.25) is 9.59 Å². The van der Waals surface area contributed by atoms with E-state index in [4.69, 9.17) is 9.47 Å². The summed E-state index contributed by atoms with van der Waals surface area (Å²) < 4.78 is 10.4. The number of nitrogens with one attached hydrogen (secondary N) is 1. The maximum absolute atomic E-state index is 12.4. The molecule has 144 valence electrons. The highest BCUT2D eigenvalue weighted by atomic mass is 16.5. The zero-order chi connectivity index (χ0) is 19.6. The summed E-state index contributed by atoms with van der Waals surface area (Å²) in [4.78, 5) is 25.8. The first-order valence-electron chi connectivity index (χ1n) is 8.84. The number of aryl methyl sites for hydroxylation is 1. The van der Waals surface area contributed by atoms with Gasteiger partial charge in [-0.05, 0) is 30.5 Å². The van der Waals surface area contributed by atoms with Crippen LogP contribution in [0.4, 0.5) is 5.69 Å². The Bertz CT molecular complexity index is 762. The number of anilines is 1. The van der Waals surface area contributed by atoms with E-state index >= 15 is 0 Å². The predicted octanol–water partition coefficient (Wildman–Crippen LogP) is 3.12. The van der Waals surface area contributed by atoms with E-state index in [9.17, 15) is 9.59 Å². The summed E-state index contributed by atoms with van der Waals surface area (Å²) >= 11 is 0. The largest absolute Gasteiger partial charge is 0.497 e. The number of rotatable bonds is 9. The molecule has 0 radical (unpaired) electrons. The van der Waals surface area contributed by atoms with Gasteiger partial charge in [0.2, 0.25) is 11.8 Å². The normalized spacial score (nSPS) is 10.2. The molecule has 0 aromatic heterocycles. The summed E-state index contributed by atoms with van der Waals surface area (Å²) in [5.74, 6) is 0.741. The SMILES string of the molecule is COc1ccc(NC(=O)CN(CCCc2ccccc2)C(C)=O)c(OC)c1. The van der Waals surface area contributed by atoms with Crippen molar-refractivity contribution in [3.8, 4) is 11.5 Å². The highest BCUT2D eigenvalue weighted by Gasteiger charge is 2.15. The summed E-state index contributed by atoms with van der Waals surface area (Å²) in [5, 5.41) is 2.79. The van der Waals surface area contributed by atoms with Crippen molar-refractivity contribution >= 4 is 17.5 Å². The van der Waals surface area contributed by atoms with Crippen molar-refractivity contribution < 1.29 is 19.1 Å². The molecule has 0 fully saturated rings. The van der Waals surface area contributed by atoms with Gasteiger partial charge in [0.1, 0.15) is 11.5 Å². The highest BCUT2D eigenvalue weighted by molar-refractivity contribution is 5.95. The Hall–Kier alpha value is -3.02. The molecule has 0 aliphatic rings. The Morgan fingerprint density at radius 3 is 2.41 bits per heavy atom. The molecule has 2 aromatic rings. The average Bonchev–Trinajstić information content (AvgIpc) is 2.68. The first-order valence-corrected chi connectivity index (χ1v) is 8.84. The first kappa shape index (κ1) is 20.3. The average molecular weight is 370 g/mol. The molecule has 0 saturated heterocycles. The van der Waals surface area contributed by atoms with Crippen molar-refractivity contribution in [2.45, 2.75) is 19.8 Å². The summed E-state index contributed by atoms with van der Waals surface area (Å²) in [6, 6.07) is 15.2. The minimum atomic E-state index is -0.270. The van der Waals surface area contributed by atoms with E-state index in [0.717, 1.165) is 12.8 Å². The molecule has 2 rings (SSSR count). The molecular weight excluding hydrogens is 344 g/mol. The lowest BCUT2D eigenvalue weighted by atomic mass is 10.1. The van der Waals surface area contributed by atoms with Crippen LogP contribution in [0.2, 0.25) is 0 Å². The smallest absolute Gasteiger partial charge is 0.244 e. The maximum atomic E-state index is 12.4. The van der Waals surface area contributed by atoms with E-state index in [-0.39, 0.29) is 18.4 Å². The zero-order valence-electron chi connectivity index (χ0n) is 16.0. The fraction of sp³-hybridized carbons (Fsp3) is 0.333. The Kier molecular flexibility index (Phi) is 7.67. The number of ether oxygens (including phenoxy) is 2. The van der Waals surface area contributed by atoms with E-state index in [1.165, 1.54) is 19.6 Å². The van der Waals surface area contributed by atoms with Gasteiger partial charge in [0.15, 0.2) is 0 Å². The van der Waals surface area contributed by atoms with Crippen LogP contribution in [0, 0.1) is 0 Å². The molecule has 0 aliphatic heterocycles. The summed E-state index contributed by atoms with van der Waals surface area (Å²) in [5.41, 5.74) is 1.75. The molecule has 0 unspecified atom stereocenters. The van der Waals surface area contributed by atoms with Crippen molar-refractivity contribution in [2.24, 2.45) is 0 Å². The third-order valence-corrected chi connectivity index (χ3v) is 4.20. The molecule has 0 aliphatic carbocycles. The van der Waals surface area contributed by atoms with Crippen molar-refractivity contribution in [2.75, 3.05) is 32.6 Å². The molecule has 6 heteroatoms. The van der Waals surface area contributed by atoms with Gasteiger partial charge in [-0.1, -0.05) is 30.3 Å². The molecule has 27 heavy (non-hydrogen) atoms. The van der Waals surface area contributed by atoms with Gasteiger partial charge in [0.05, 0.1) is 26.5 Å². The molecule has 0 saturated carbocycles. The molecule has 0 atom stereocenters.